The third-order valence-electron chi connectivity index (χ3n) is 3.19. The molecule has 0 fully saturated rings. The predicted molar refractivity (Wildman–Crippen MR) is 71.0 cm³/mol. The lowest BCUT2D eigenvalue weighted by molar-refractivity contribution is 0.555. The highest BCUT2D eigenvalue weighted by molar-refractivity contribution is 6.69. The topological polar surface area (TPSA) is 25.5 Å². The zero-order valence-corrected chi connectivity index (χ0v) is 10.9. The molecule has 88 valence electrons. The summed E-state index contributed by atoms with van der Waals surface area (Å²) in [5.74, 6) is 0.748. The van der Waals surface area contributed by atoms with Gasteiger partial charge in [0.05, 0.1) is 6.54 Å². The van der Waals surface area contributed by atoms with Crippen molar-refractivity contribution >= 4 is 27.7 Å². The Kier molecular flexibility index (Phi) is 2.14. The molecule has 1 aromatic carbocycles. The second kappa shape index (κ2) is 3.36. The zero-order chi connectivity index (χ0) is 12.2. The molecule has 0 aliphatic carbocycles. The Balaban J connectivity index is 2.35. The van der Waals surface area contributed by atoms with Gasteiger partial charge in [-0.15, -0.1) is 0 Å². The van der Waals surface area contributed by atoms with Crippen molar-refractivity contribution in [2.75, 3.05) is 0 Å². The molecular weight excluding hydrogens is 234 g/mol. The van der Waals surface area contributed by atoms with E-state index in [-0.39, 0.29) is 5.41 Å². The van der Waals surface area contributed by atoms with Gasteiger partial charge in [0.25, 0.3) is 0 Å². The summed E-state index contributed by atoms with van der Waals surface area (Å²) in [6.45, 7) is 7.19. The van der Waals surface area contributed by atoms with E-state index in [2.05, 4.69) is 44.0 Å². The van der Waals surface area contributed by atoms with Crippen LogP contribution in [-0.4, -0.2) is 5.17 Å². The Morgan fingerprint density at radius 2 is 2.06 bits per heavy atom. The van der Waals surface area contributed by atoms with Crippen LogP contribution < -0.4 is 0 Å². The largest absolute Gasteiger partial charge is 0.453 e. The molecule has 0 spiro atoms. The van der Waals surface area contributed by atoms with Crippen molar-refractivity contribution in [1.29, 1.82) is 0 Å². The lowest BCUT2D eigenvalue weighted by Crippen LogP contribution is -2.11. The molecule has 3 heteroatoms. The normalized spacial score (nSPS) is 15.2. The molecule has 0 saturated carbocycles. The number of benzene rings is 1. The van der Waals surface area contributed by atoms with Gasteiger partial charge in [-0.3, -0.25) is 4.99 Å². The van der Waals surface area contributed by atoms with Crippen LogP contribution in [-0.2, 0) is 12.0 Å². The lowest BCUT2D eigenvalue weighted by atomic mass is 9.86. The van der Waals surface area contributed by atoms with E-state index in [1.54, 1.807) is 0 Å². The van der Waals surface area contributed by atoms with Crippen molar-refractivity contribution in [3.8, 4) is 0 Å². The van der Waals surface area contributed by atoms with Crippen LogP contribution in [0.15, 0.2) is 27.6 Å². The van der Waals surface area contributed by atoms with Gasteiger partial charge < -0.3 is 4.42 Å². The number of rotatable bonds is 0. The molecule has 1 aromatic heterocycles. The van der Waals surface area contributed by atoms with E-state index < -0.39 is 0 Å². The van der Waals surface area contributed by atoms with Crippen molar-refractivity contribution in [2.45, 2.75) is 32.7 Å². The average Bonchev–Trinajstić information content (AvgIpc) is 2.77. The minimum Gasteiger partial charge on any atom is -0.453 e. The Hall–Kier alpha value is -1.28. The number of furan rings is 1. The highest BCUT2D eigenvalue weighted by Gasteiger charge is 2.26. The molecule has 1 aliphatic heterocycles. The van der Waals surface area contributed by atoms with E-state index in [4.69, 9.17) is 16.0 Å². The van der Waals surface area contributed by atoms with Crippen LogP contribution in [0.3, 0.4) is 0 Å². The van der Waals surface area contributed by atoms with Gasteiger partial charge in [0.2, 0.25) is 0 Å². The summed E-state index contributed by atoms with van der Waals surface area (Å²) in [5.41, 5.74) is 3.36. The second-order valence-corrected chi connectivity index (χ2v) is 5.81. The van der Waals surface area contributed by atoms with Crippen molar-refractivity contribution in [3.05, 3.63) is 35.1 Å². The monoisotopic (exact) mass is 247 g/mol. The molecule has 2 nitrogen and oxygen atoms in total. The van der Waals surface area contributed by atoms with Gasteiger partial charge in [-0.25, -0.2) is 0 Å². The molecule has 0 atom stereocenters. The minimum absolute atomic E-state index is 0.0642. The van der Waals surface area contributed by atoms with Crippen molar-refractivity contribution in [2.24, 2.45) is 4.99 Å². The van der Waals surface area contributed by atoms with Gasteiger partial charge >= 0.3 is 0 Å². The first kappa shape index (κ1) is 10.8. The molecule has 0 amide bonds. The summed E-state index contributed by atoms with van der Waals surface area (Å²) in [7, 11) is 0. The number of aliphatic imine (C=N–C) groups is 1. The highest BCUT2D eigenvalue weighted by atomic mass is 35.5. The van der Waals surface area contributed by atoms with Crippen LogP contribution in [0.5, 0.6) is 0 Å². The Labute approximate surface area is 105 Å². The predicted octanol–water partition coefficient (Wildman–Crippen LogP) is 4.23. The average molecular weight is 248 g/mol. The molecule has 2 aromatic rings. The van der Waals surface area contributed by atoms with Crippen LogP contribution >= 0.6 is 11.6 Å². The molecule has 0 radical (unpaired) electrons. The van der Waals surface area contributed by atoms with Crippen molar-refractivity contribution in [3.63, 3.8) is 0 Å². The number of hydrogen-bond donors (Lipinski definition) is 0. The molecular formula is C14H14ClNO. The summed E-state index contributed by atoms with van der Waals surface area (Å²) in [5, 5.41) is 1.64. The fraction of sp³-hybridized carbons (Fsp3) is 0.357. The molecule has 1 aliphatic rings. The smallest absolute Gasteiger partial charge is 0.170 e. The number of halogens is 1. The molecule has 0 unspecified atom stereocenters. The molecule has 3 rings (SSSR count). The summed E-state index contributed by atoms with van der Waals surface area (Å²) in [6.07, 6.45) is 0. The van der Waals surface area contributed by atoms with E-state index in [9.17, 15) is 0 Å². The second-order valence-electron chi connectivity index (χ2n) is 5.45. The number of fused-ring (bicyclic) bond motifs is 3. The van der Waals surface area contributed by atoms with Gasteiger partial charge in [0, 0.05) is 16.5 Å². The quantitative estimate of drug-likeness (QED) is 0.684. The van der Waals surface area contributed by atoms with Crippen molar-refractivity contribution in [1.82, 2.24) is 0 Å². The van der Waals surface area contributed by atoms with Crippen LogP contribution in [0.4, 0.5) is 0 Å². The van der Waals surface area contributed by atoms with E-state index >= 15 is 0 Å². The molecule has 0 saturated heterocycles. The zero-order valence-electron chi connectivity index (χ0n) is 10.2. The summed E-state index contributed by atoms with van der Waals surface area (Å²) >= 11 is 6.04. The molecule has 0 N–H and O–H groups in total. The van der Waals surface area contributed by atoms with E-state index in [0.29, 0.717) is 11.7 Å². The SMILES string of the molecule is CC(C)(C)c1cccc2c3c(oc12)C(Cl)=NC3. The number of hydrogen-bond acceptors (Lipinski definition) is 2. The maximum absolute atomic E-state index is 6.04. The fourth-order valence-electron chi connectivity index (χ4n) is 2.31. The first-order chi connectivity index (χ1) is 7.98. The first-order valence-corrected chi connectivity index (χ1v) is 6.11. The lowest BCUT2D eigenvalue weighted by Gasteiger charge is -2.18. The summed E-state index contributed by atoms with van der Waals surface area (Å²) in [4.78, 5) is 4.19. The minimum atomic E-state index is 0.0642. The third-order valence-corrected chi connectivity index (χ3v) is 3.48. The maximum Gasteiger partial charge on any atom is 0.170 e. The van der Waals surface area contributed by atoms with E-state index in [0.717, 1.165) is 22.3 Å². The van der Waals surface area contributed by atoms with Crippen LogP contribution in [0.1, 0.15) is 37.7 Å². The highest BCUT2D eigenvalue weighted by Crippen LogP contribution is 2.37. The van der Waals surface area contributed by atoms with Gasteiger partial charge in [0.1, 0.15) is 5.58 Å². The molecule has 2 heterocycles. The fourth-order valence-corrected chi connectivity index (χ4v) is 2.52. The third kappa shape index (κ3) is 1.51. The van der Waals surface area contributed by atoms with Crippen molar-refractivity contribution < 1.29 is 4.42 Å². The summed E-state index contributed by atoms with van der Waals surface area (Å²) < 4.78 is 5.92. The van der Waals surface area contributed by atoms with Crippen LogP contribution in [0.25, 0.3) is 11.0 Å². The van der Waals surface area contributed by atoms with E-state index in [1.807, 2.05) is 0 Å². The van der Waals surface area contributed by atoms with Gasteiger partial charge in [0.15, 0.2) is 10.9 Å². The first-order valence-electron chi connectivity index (χ1n) is 5.73. The molecule has 0 bridgehead atoms. The maximum atomic E-state index is 6.04. The van der Waals surface area contributed by atoms with Crippen LogP contribution in [0.2, 0.25) is 0 Å². The van der Waals surface area contributed by atoms with Gasteiger partial charge in [-0.05, 0) is 5.41 Å². The van der Waals surface area contributed by atoms with E-state index in [1.165, 1.54) is 5.56 Å². The number of para-hydroxylation sites is 1. The number of nitrogens with zero attached hydrogens (tertiary/aromatic N) is 1. The Morgan fingerprint density at radius 1 is 1.29 bits per heavy atom. The van der Waals surface area contributed by atoms with Crippen LogP contribution in [0, 0.1) is 0 Å². The van der Waals surface area contributed by atoms with Gasteiger partial charge in [-0.1, -0.05) is 50.6 Å². The molecule has 17 heavy (non-hydrogen) atoms. The standard InChI is InChI=1S/C14H14ClNO/c1-14(2,3)10-6-4-5-8-9-7-16-13(15)12(9)17-11(8)10/h4-6H,7H2,1-3H3. The summed E-state index contributed by atoms with van der Waals surface area (Å²) in [6, 6.07) is 6.27. The Morgan fingerprint density at radius 3 is 2.76 bits per heavy atom. The Bertz CT molecular complexity index is 631. The van der Waals surface area contributed by atoms with Gasteiger partial charge in [-0.2, -0.15) is 0 Å².